The average molecular weight is 474 g/mol. The molecular formula is C20H35IN4O. The molecule has 0 spiro atoms. The van der Waals surface area contributed by atoms with Crippen LogP contribution in [0.5, 0.6) is 0 Å². The molecule has 0 aliphatic carbocycles. The lowest BCUT2D eigenvalue weighted by Gasteiger charge is -2.24. The molecule has 1 aliphatic heterocycles. The molecule has 0 bridgehead atoms. The lowest BCUT2D eigenvalue weighted by atomic mass is 10.1. The van der Waals surface area contributed by atoms with E-state index in [2.05, 4.69) is 66.5 Å². The molecule has 1 heterocycles. The van der Waals surface area contributed by atoms with Gasteiger partial charge in [-0.1, -0.05) is 30.3 Å². The topological polar surface area (TPSA) is 40.1 Å². The van der Waals surface area contributed by atoms with Crippen molar-refractivity contribution in [2.75, 3.05) is 53.5 Å². The molecule has 1 N–H and O–H groups in total. The van der Waals surface area contributed by atoms with Crippen molar-refractivity contribution in [1.29, 1.82) is 0 Å². The van der Waals surface area contributed by atoms with Gasteiger partial charge >= 0.3 is 0 Å². The molecule has 26 heavy (non-hydrogen) atoms. The van der Waals surface area contributed by atoms with Gasteiger partial charge in [-0.25, -0.2) is 0 Å². The van der Waals surface area contributed by atoms with Gasteiger partial charge in [0.1, 0.15) is 0 Å². The standard InChI is InChI=1S/C20H34N4O.HI/c1-4-21-20(24(3)16-19-11-14-25-17-19)22-12-8-13-23(2)15-18-9-6-5-7-10-18;/h5-7,9-10,19H,4,8,11-17H2,1-3H3,(H,21,22);1H. The first-order valence-electron chi connectivity index (χ1n) is 9.48. The van der Waals surface area contributed by atoms with Crippen LogP contribution in [0.2, 0.25) is 0 Å². The van der Waals surface area contributed by atoms with Gasteiger partial charge in [0.25, 0.3) is 0 Å². The number of halogens is 1. The fourth-order valence-electron chi connectivity index (χ4n) is 3.17. The highest BCUT2D eigenvalue weighted by molar-refractivity contribution is 14.0. The minimum Gasteiger partial charge on any atom is -0.381 e. The molecule has 0 aromatic heterocycles. The molecule has 0 amide bonds. The molecule has 5 nitrogen and oxygen atoms in total. The number of nitrogens with zero attached hydrogens (tertiary/aromatic N) is 3. The van der Waals surface area contributed by atoms with Gasteiger partial charge in [0.05, 0.1) is 6.61 Å². The second-order valence-electron chi connectivity index (χ2n) is 6.92. The van der Waals surface area contributed by atoms with Crippen molar-refractivity contribution in [3.8, 4) is 0 Å². The summed E-state index contributed by atoms with van der Waals surface area (Å²) in [5.74, 6) is 1.64. The van der Waals surface area contributed by atoms with E-state index in [1.807, 2.05) is 0 Å². The van der Waals surface area contributed by atoms with Gasteiger partial charge in [0, 0.05) is 45.8 Å². The Morgan fingerprint density at radius 1 is 1.27 bits per heavy atom. The number of guanidine groups is 1. The summed E-state index contributed by atoms with van der Waals surface area (Å²) in [6.45, 7) is 8.72. The van der Waals surface area contributed by atoms with Crippen molar-refractivity contribution in [1.82, 2.24) is 15.1 Å². The Hall–Kier alpha value is -0.860. The Labute approximate surface area is 176 Å². The molecule has 1 saturated heterocycles. The monoisotopic (exact) mass is 474 g/mol. The third-order valence-electron chi connectivity index (χ3n) is 4.51. The molecule has 1 atom stereocenters. The van der Waals surface area contributed by atoms with E-state index in [0.29, 0.717) is 5.92 Å². The third-order valence-corrected chi connectivity index (χ3v) is 4.51. The van der Waals surface area contributed by atoms with Crippen LogP contribution in [0, 0.1) is 5.92 Å². The minimum absolute atomic E-state index is 0. The summed E-state index contributed by atoms with van der Waals surface area (Å²) < 4.78 is 5.48. The zero-order chi connectivity index (χ0) is 17.9. The molecule has 6 heteroatoms. The van der Waals surface area contributed by atoms with Crippen LogP contribution in [0.1, 0.15) is 25.3 Å². The number of rotatable bonds is 9. The maximum absolute atomic E-state index is 5.48. The molecule has 0 radical (unpaired) electrons. The Morgan fingerprint density at radius 3 is 2.69 bits per heavy atom. The molecule has 1 fully saturated rings. The molecule has 1 aromatic rings. The first-order chi connectivity index (χ1) is 12.2. The number of hydrogen-bond donors (Lipinski definition) is 1. The minimum atomic E-state index is 0. The Balaban J connectivity index is 0.00000338. The molecule has 0 saturated carbocycles. The van der Waals surface area contributed by atoms with Gasteiger partial charge in [-0.3, -0.25) is 4.99 Å². The van der Waals surface area contributed by atoms with E-state index >= 15 is 0 Å². The van der Waals surface area contributed by atoms with Crippen LogP contribution in [0.15, 0.2) is 35.3 Å². The highest BCUT2D eigenvalue weighted by atomic mass is 127. The van der Waals surface area contributed by atoms with Crippen LogP contribution in [-0.4, -0.2) is 69.2 Å². The first-order valence-corrected chi connectivity index (χ1v) is 9.48. The van der Waals surface area contributed by atoms with E-state index in [1.165, 1.54) is 5.56 Å². The summed E-state index contributed by atoms with van der Waals surface area (Å²) in [5, 5.41) is 3.41. The van der Waals surface area contributed by atoms with E-state index in [0.717, 1.165) is 64.7 Å². The van der Waals surface area contributed by atoms with Crippen LogP contribution in [0.3, 0.4) is 0 Å². The van der Waals surface area contributed by atoms with Gasteiger partial charge in [0.2, 0.25) is 0 Å². The van der Waals surface area contributed by atoms with Crippen molar-refractivity contribution in [3.05, 3.63) is 35.9 Å². The average Bonchev–Trinajstić information content (AvgIpc) is 3.11. The summed E-state index contributed by atoms with van der Waals surface area (Å²) >= 11 is 0. The number of nitrogens with one attached hydrogen (secondary N) is 1. The van der Waals surface area contributed by atoms with Gasteiger partial charge < -0.3 is 19.9 Å². The predicted octanol–water partition coefficient (Wildman–Crippen LogP) is 3.06. The second kappa shape index (κ2) is 13.3. The van der Waals surface area contributed by atoms with Crippen molar-refractivity contribution < 1.29 is 4.74 Å². The molecular weight excluding hydrogens is 439 g/mol. The number of ether oxygens (including phenoxy) is 1. The molecule has 148 valence electrons. The summed E-state index contributed by atoms with van der Waals surface area (Å²) in [6, 6.07) is 10.6. The maximum atomic E-state index is 5.48. The van der Waals surface area contributed by atoms with E-state index in [1.54, 1.807) is 0 Å². The quantitative estimate of drug-likeness (QED) is 0.259. The summed E-state index contributed by atoms with van der Waals surface area (Å²) in [6.07, 6.45) is 2.23. The number of aliphatic imine (C=N–C) groups is 1. The largest absolute Gasteiger partial charge is 0.381 e. The molecule has 1 aromatic carbocycles. The fourth-order valence-corrected chi connectivity index (χ4v) is 3.17. The SMILES string of the molecule is CCNC(=NCCCN(C)Cc1ccccc1)N(C)CC1CCOC1.I. The lowest BCUT2D eigenvalue weighted by Crippen LogP contribution is -2.41. The summed E-state index contributed by atoms with van der Waals surface area (Å²) in [5.41, 5.74) is 1.36. The predicted molar refractivity (Wildman–Crippen MR) is 120 cm³/mol. The highest BCUT2D eigenvalue weighted by Crippen LogP contribution is 2.13. The van der Waals surface area contributed by atoms with Crippen LogP contribution in [0.25, 0.3) is 0 Å². The molecule has 1 unspecified atom stereocenters. The van der Waals surface area contributed by atoms with Crippen molar-refractivity contribution in [3.63, 3.8) is 0 Å². The number of benzene rings is 1. The lowest BCUT2D eigenvalue weighted by molar-refractivity contribution is 0.181. The third kappa shape index (κ3) is 8.68. The van der Waals surface area contributed by atoms with Crippen molar-refractivity contribution in [2.24, 2.45) is 10.9 Å². The Kier molecular flexibility index (Phi) is 11.9. The Morgan fingerprint density at radius 2 is 2.04 bits per heavy atom. The van der Waals surface area contributed by atoms with E-state index < -0.39 is 0 Å². The van der Waals surface area contributed by atoms with E-state index in [9.17, 15) is 0 Å². The molecule has 1 aliphatic rings. The highest BCUT2D eigenvalue weighted by Gasteiger charge is 2.18. The zero-order valence-corrected chi connectivity index (χ0v) is 18.8. The summed E-state index contributed by atoms with van der Waals surface area (Å²) in [4.78, 5) is 9.40. The van der Waals surface area contributed by atoms with Gasteiger partial charge in [-0.15, -0.1) is 24.0 Å². The smallest absolute Gasteiger partial charge is 0.193 e. The van der Waals surface area contributed by atoms with Crippen LogP contribution in [-0.2, 0) is 11.3 Å². The first kappa shape index (κ1) is 23.2. The van der Waals surface area contributed by atoms with E-state index in [-0.39, 0.29) is 24.0 Å². The van der Waals surface area contributed by atoms with Crippen molar-refractivity contribution in [2.45, 2.75) is 26.3 Å². The maximum Gasteiger partial charge on any atom is 0.193 e. The fraction of sp³-hybridized carbons (Fsp3) is 0.650. The van der Waals surface area contributed by atoms with E-state index in [4.69, 9.17) is 9.73 Å². The second-order valence-corrected chi connectivity index (χ2v) is 6.92. The van der Waals surface area contributed by atoms with Gasteiger partial charge in [-0.05, 0) is 38.9 Å². The van der Waals surface area contributed by atoms with Crippen LogP contribution >= 0.6 is 24.0 Å². The van der Waals surface area contributed by atoms with Crippen molar-refractivity contribution >= 4 is 29.9 Å². The molecule has 2 rings (SSSR count). The van der Waals surface area contributed by atoms with Crippen LogP contribution < -0.4 is 5.32 Å². The summed E-state index contributed by atoms with van der Waals surface area (Å²) in [7, 11) is 4.30. The Bertz CT molecular complexity index is 506. The van der Waals surface area contributed by atoms with Gasteiger partial charge in [0.15, 0.2) is 5.96 Å². The van der Waals surface area contributed by atoms with Crippen LogP contribution in [0.4, 0.5) is 0 Å². The number of hydrogen-bond acceptors (Lipinski definition) is 3. The zero-order valence-electron chi connectivity index (χ0n) is 16.5. The normalized spacial score (nSPS) is 17.2. The van der Waals surface area contributed by atoms with Gasteiger partial charge in [-0.2, -0.15) is 0 Å².